The van der Waals surface area contributed by atoms with Crippen LogP contribution in [0.2, 0.25) is 0 Å². The summed E-state index contributed by atoms with van der Waals surface area (Å²) in [5, 5.41) is 15.2. The van der Waals surface area contributed by atoms with Crippen LogP contribution in [0.25, 0.3) is 0 Å². The molecule has 5 N–H and O–H groups in total. The van der Waals surface area contributed by atoms with Crippen LogP contribution in [0.4, 0.5) is 21.9 Å². The second-order valence-electron chi connectivity index (χ2n) is 4.11. The average Bonchev–Trinajstić information content (AvgIpc) is 2.44. The Morgan fingerprint density at radius 1 is 1.50 bits per heavy atom. The van der Waals surface area contributed by atoms with Gasteiger partial charge < -0.3 is 25.6 Å². The summed E-state index contributed by atoms with van der Waals surface area (Å²) in [6.45, 7) is 3.03. The molecule has 0 aliphatic carbocycles. The zero-order valence-corrected chi connectivity index (χ0v) is 11.7. The number of nitrogens with one attached hydrogen (secondary N) is 2. The summed E-state index contributed by atoms with van der Waals surface area (Å²) in [4.78, 5) is 11.1. The summed E-state index contributed by atoms with van der Waals surface area (Å²) in [6, 6.07) is 5.01. The second kappa shape index (κ2) is 8.23. The Morgan fingerprint density at radius 3 is 2.85 bits per heavy atom. The Bertz CT molecular complexity index is 440. The standard InChI is InChI=1S/C13H21N3O4/c1-3-20-8-10(17)7-15-12-5-4-9(6-11(12)14)16-13(18)19-2/h4-6,10,15,17H,3,7-8,14H2,1-2H3,(H,16,18). The van der Waals surface area contributed by atoms with Crippen LogP contribution >= 0.6 is 0 Å². The minimum Gasteiger partial charge on any atom is -0.453 e. The Balaban J connectivity index is 2.53. The fourth-order valence-electron chi connectivity index (χ4n) is 1.51. The molecule has 0 heterocycles. The molecule has 7 heteroatoms. The first-order chi connectivity index (χ1) is 9.56. The molecule has 0 saturated heterocycles. The number of aliphatic hydroxyl groups is 1. The number of carbonyl (C=O) groups is 1. The third-order valence-corrected chi connectivity index (χ3v) is 2.53. The van der Waals surface area contributed by atoms with Crippen LogP contribution in [-0.4, -0.2) is 44.2 Å². The van der Waals surface area contributed by atoms with Crippen LogP contribution in [-0.2, 0) is 9.47 Å². The van der Waals surface area contributed by atoms with Crippen LogP contribution in [0.3, 0.4) is 0 Å². The third kappa shape index (κ3) is 5.33. The van der Waals surface area contributed by atoms with Crippen molar-refractivity contribution in [2.75, 3.05) is 43.2 Å². The Hall–Kier alpha value is -1.99. The molecule has 7 nitrogen and oxygen atoms in total. The monoisotopic (exact) mass is 283 g/mol. The molecule has 1 amide bonds. The van der Waals surface area contributed by atoms with Gasteiger partial charge in [-0.05, 0) is 25.1 Å². The van der Waals surface area contributed by atoms with Crippen molar-refractivity contribution in [1.82, 2.24) is 0 Å². The topological polar surface area (TPSA) is 106 Å². The van der Waals surface area contributed by atoms with E-state index in [0.717, 1.165) is 0 Å². The van der Waals surface area contributed by atoms with Crippen molar-refractivity contribution in [2.24, 2.45) is 0 Å². The minimum absolute atomic E-state index is 0.269. The summed E-state index contributed by atoms with van der Waals surface area (Å²) >= 11 is 0. The van der Waals surface area contributed by atoms with Crippen molar-refractivity contribution in [3.63, 3.8) is 0 Å². The molecule has 1 rings (SSSR count). The zero-order chi connectivity index (χ0) is 15.0. The van der Waals surface area contributed by atoms with Gasteiger partial charge >= 0.3 is 6.09 Å². The first kappa shape index (κ1) is 16.1. The molecular weight excluding hydrogens is 262 g/mol. The molecule has 0 aliphatic rings. The van der Waals surface area contributed by atoms with E-state index in [0.29, 0.717) is 30.2 Å². The fraction of sp³-hybridized carbons (Fsp3) is 0.462. The highest BCUT2D eigenvalue weighted by molar-refractivity contribution is 5.86. The lowest BCUT2D eigenvalue weighted by atomic mass is 10.2. The number of ether oxygens (including phenoxy) is 2. The van der Waals surface area contributed by atoms with E-state index >= 15 is 0 Å². The predicted octanol–water partition coefficient (Wildman–Crippen LogP) is 1.26. The molecule has 0 fully saturated rings. The molecule has 0 spiro atoms. The number of rotatable bonds is 7. The van der Waals surface area contributed by atoms with Crippen molar-refractivity contribution in [2.45, 2.75) is 13.0 Å². The van der Waals surface area contributed by atoms with Gasteiger partial charge in [0.25, 0.3) is 0 Å². The van der Waals surface area contributed by atoms with Gasteiger partial charge in [-0.25, -0.2) is 4.79 Å². The first-order valence-electron chi connectivity index (χ1n) is 6.31. The SMILES string of the molecule is CCOCC(O)CNc1ccc(NC(=O)OC)cc1N. The maximum absolute atomic E-state index is 11.1. The molecule has 1 unspecified atom stereocenters. The molecule has 1 aromatic rings. The molecule has 1 atom stereocenters. The molecular formula is C13H21N3O4. The van der Waals surface area contributed by atoms with E-state index in [9.17, 15) is 9.90 Å². The Kier molecular flexibility index (Phi) is 6.61. The minimum atomic E-state index is -0.609. The highest BCUT2D eigenvalue weighted by atomic mass is 16.5. The van der Waals surface area contributed by atoms with Gasteiger partial charge in [-0.15, -0.1) is 0 Å². The lowest BCUT2D eigenvalue weighted by Crippen LogP contribution is -2.25. The van der Waals surface area contributed by atoms with E-state index in [1.807, 2.05) is 6.92 Å². The van der Waals surface area contributed by atoms with Gasteiger partial charge in [0.15, 0.2) is 0 Å². The van der Waals surface area contributed by atoms with Crippen molar-refractivity contribution in [3.8, 4) is 0 Å². The number of aliphatic hydroxyl groups excluding tert-OH is 1. The summed E-state index contributed by atoms with van der Waals surface area (Å²) in [5.41, 5.74) is 7.53. The number of hydrogen-bond acceptors (Lipinski definition) is 6. The number of carbonyl (C=O) groups excluding carboxylic acids is 1. The van der Waals surface area contributed by atoms with Gasteiger partial charge in [-0.1, -0.05) is 0 Å². The van der Waals surface area contributed by atoms with E-state index in [1.165, 1.54) is 7.11 Å². The van der Waals surface area contributed by atoms with Crippen molar-refractivity contribution in [3.05, 3.63) is 18.2 Å². The van der Waals surface area contributed by atoms with Crippen LogP contribution in [0.15, 0.2) is 18.2 Å². The quantitative estimate of drug-likeness (QED) is 0.561. The summed E-state index contributed by atoms with van der Waals surface area (Å²) in [7, 11) is 1.29. The number of hydrogen-bond donors (Lipinski definition) is 4. The number of nitrogens with two attached hydrogens (primary N) is 1. The van der Waals surface area contributed by atoms with Crippen LogP contribution in [0.5, 0.6) is 0 Å². The summed E-state index contributed by atoms with van der Waals surface area (Å²) < 4.78 is 9.59. The van der Waals surface area contributed by atoms with E-state index in [1.54, 1.807) is 18.2 Å². The van der Waals surface area contributed by atoms with Crippen LogP contribution in [0.1, 0.15) is 6.92 Å². The number of anilines is 3. The average molecular weight is 283 g/mol. The highest BCUT2D eigenvalue weighted by Gasteiger charge is 2.07. The molecule has 112 valence electrons. The lowest BCUT2D eigenvalue weighted by Gasteiger charge is -2.14. The molecule has 0 bridgehead atoms. The van der Waals surface area contributed by atoms with Crippen LogP contribution in [0, 0.1) is 0 Å². The van der Waals surface area contributed by atoms with E-state index in [4.69, 9.17) is 10.5 Å². The first-order valence-corrected chi connectivity index (χ1v) is 6.31. The molecule has 0 saturated carbocycles. The third-order valence-electron chi connectivity index (χ3n) is 2.53. The van der Waals surface area contributed by atoms with E-state index in [-0.39, 0.29) is 6.61 Å². The van der Waals surface area contributed by atoms with Crippen molar-refractivity contribution in [1.29, 1.82) is 0 Å². The smallest absolute Gasteiger partial charge is 0.411 e. The maximum atomic E-state index is 11.1. The van der Waals surface area contributed by atoms with Crippen LogP contribution < -0.4 is 16.4 Å². The molecule has 20 heavy (non-hydrogen) atoms. The molecule has 0 aliphatic heterocycles. The number of nitrogen functional groups attached to an aromatic ring is 1. The maximum Gasteiger partial charge on any atom is 0.411 e. The Morgan fingerprint density at radius 2 is 2.25 bits per heavy atom. The van der Waals surface area contributed by atoms with Crippen molar-refractivity contribution < 1.29 is 19.4 Å². The van der Waals surface area contributed by atoms with E-state index < -0.39 is 12.2 Å². The summed E-state index contributed by atoms with van der Waals surface area (Å²) in [5.74, 6) is 0. The number of benzene rings is 1. The van der Waals surface area contributed by atoms with Gasteiger partial charge in [-0.2, -0.15) is 0 Å². The fourth-order valence-corrected chi connectivity index (χ4v) is 1.51. The van der Waals surface area contributed by atoms with Gasteiger partial charge in [0.1, 0.15) is 0 Å². The van der Waals surface area contributed by atoms with Gasteiger partial charge in [-0.3, -0.25) is 5.32 Å². The largest absolute Gasteiger partial charge is 0.453 e. The normalized spacial score (nSPS) is 11.8. The molecule has 0 radical (unpaired) electrons. The highest BCUT2D eigenvalue weighted by Crippen LogP contribution is 2.22. The van der Waals surface area contributed by atoms with E-state index in [2.05, 4.69) is 15.4 Å². The summed E-state index contributed by atoms with van der Waals surface area (Å²) in [6.07, 6.45) is -1.17. The number of amides is 1. The Labute approximate surface area is 118 Å². The lowest BCUT2D eigenvalue weighted by molar-refractivity contribution is 0.0496. The molecule has 1 aromatic carbocycles. The second-order valence-corrected chi connectivity index (χ2v) is 4.11. The molecule has 0 aromatic heterocycles. The van der Waals surface area contributed by atoms with Gasteiger partial charge in [0.05, 0.1) is 31.2 Å². The number of methoxy groups -OCH3 is 1. The zero-order valence-electron chi connectivity index (χ0n) is 11.7. The predicted molar refractivity (Wildman–Crippen MR) is 77.9 cm³/mol. The van der Waals surface area contributed by atoms with Gasteiger partial charge in [0.2, 0.25) is 0 Å². The van der Waals surface area contributed by atoms with Gasteiger partial charge in [0, 0.05) is 18.8 Å². The van der Waals surface area contributed by atoms with Crippen molar-refractivity contribution >= 4 is 23.2 Å².